The summed E-state index contributed by atoms with van der Waals surface area (Å²) >= 11 is 0. The first-order chi connectivity index (χ1) is 8.31. The summed E-state index contributed by atoms with van der Waals surface area (Å²) in [6.07, 6.45) is 5.18. The number of nitrogens with zero attached hydrogens (tertiary/aromatic N) is 1. The zero-order chi connectivity index (χ0) is 12.1. The first-order valence-corrected chi connectivity index (χ1v) is 6.64. The Morgan fingerprint density at radius 1 is 1.29 bits per heavy atom. The zero-order valence-electron chi connectivity index (χ0n) is 10.6. The standard InChI is InChI=1S/C15H21NO/c1-2-3-9-15(17)16(14-10-11-14)12-13-7-5-4-6-8-13/h4-8,14H,2-3,9-12H2,1H3. The normalized spacial score (nSPS) is 14.6. The minimum atomic E-state index is 0.332. The van der Waals surface area contributed by atoms with Crippen LogP contribution >= 0.6 is 0 Å². The molecule has 0 aliphatic heterocycles. The average molecular weight is 231 g/mol. The molecule has 1 aliphatic rings. The molecule has 92 valence electrons. The maximum absolute atomic E-state index is 12.1. The van der Waals surface area contributed by atoms with Gasteiger partial charge in [-0.1, -0.05) is 43.7 Å². The van der Waals surface area contributed by atoms with E-state index in [0.717, 1.165) is 19.4 Å². The van der Waals surface area contributed by atoms with Crippen LogP contribution in [0.3, 0.4) is 0 Å². The van der Waals surface area contributed by atoms with E-state index in [1.165, 1.54) is 18.4 Å². The monoisotopic (exact) mass is 231 g/mol. The number of hydrogen-bond donors (Lipinski definition) is 0. The van der Waals surface area contributed by atoms with E-state index < -0.39 is 0 Å². The largest absolute Gasteiger partial charge is 0.335 e. The number of amides is 1. The SMILES string of the molecule is CCCCC(=O)N(Cc1ccccc1)C1CC1. The van der Waals surface area contributed by atoms with Crippen LogP contribution in [0.15, 0.2) is 30.3 Å². The minimum absolute atomic E-state index is 0.332. The van der Waals surface area contributed by atoms with Crippen molar-refractivity contribution in [2.75, 3.05) is 0 Å². The third-order valence-electron chi connectivity index (χ3n) is 3.25. The predicted octanol–water partition coefficient (Wildman–Crippen LogP) is 3.37. The van der Waals surface area contributed by atoms with Crippen molar-refractivity contribution in [2.45, 2.75) is 51.6 Å². The number of hydrogen-bond acceptors (Lipinski definition) is 1. The molecule has 1 fully saturated rings. The zero-order valence-corrected chi connectivity index (χ0v) is 10.6. The molecule has 0 radical (unpaired) electrons. The fraction of sp³-hybridized carbons (Fsp3) is 0.533. The van der Waals surface area contributed by atoms with E-state index >= 15 is 0 Å². The minimum Gasteiger partial charge on any atom is -0.335 e. The van der Waals surface area contributed by atoms with Gasteiger partial charge in [0.15, 0.2) is 0 Å². The van der Waals surface area contributed by atoms with Crippen molar-refractivity contribution in [1.82, 2.24) is 4.90 Å². The fourth-order valence-electron chi connectivity index (χ4n) is 2.06. The Hall–Kier alpha value is -1.31. The van der Waals surface area contributed by atoms with Gasteiger partial charge in [-0.3, -0.25) is 4.79 Å². The number of carbonyl (C=O) groups is 1. The van der Waals surface area contributed by atoms with Crippen LogP contribution in [-0.2, 0) is 11.3 Å². The second-order valence-corrected chi connectivity index (χ2v) is 4.84. The molecule has 2 rings (SSSR count). The number of rotatable bonds is 6. The summed E-state index contributed by atoms with van der Waals surface area (Å²) < 4.78 is 0. The Balaban J connectivity index is 1.95. The van der Waals surface area contributed by atoms with Gasteiger partial charge in [-0.25, -0.2) is 0 Å². The van der Waals surface area contributed by atoms with Gasteiger partial charge < -0.3 is 4.90 Å². The van der Waals surface area contributed by atoms with E-state index in [0.29, 0.717) is 18.4 Å². The van der Waals surface area contributed by atoms with Crippen LogP contribution in [0.25, 0.3) is 0 Å². The molecule has 1 aromatic carbocycles. The quantitative estimate of drug-likeness (QED) is 0.735. The molecule has 0 spiro atoms. The maximum Gasteiger partial charge on any atom is 0.223 e. The summed E-state index contributed by atoms with van der Waals surface area (Å²) in [5.74, 6) is 0.332. The van der Waals surface area contributed by atoms with E-state index in [9.17, 15) is 4.79 Å². The molecule has 1 saturated carbocycles. The van der Waals surface area contributed by atoms with Gasteiger partial charge in [0.25, 0.3) is 0 Å². The summed E-state index contributed by atoms with van der Waals surface area (Å²) in [7, 11) is 0. The second kappa shape index (κ2) is 5.85. The van der Waals surface area contributed by atoms with Crippen LogP contribution in [0.1, 0.15) is 44.6 Å². The summed E-state index contributed by atoms with van der Waals surface area (Å²) in [5, 5.41) is 0. The fourth-order valence-corrected chi connectivity index (χ4v) is 2.06. The Labute approximate surface area is 104 Å². The molecular formula is C15H21NO. The highest BCUT2D eigenvalue weighted by Crippen LogP contribution is 2.29. The molecule has 0 heterocycles. The number of carbonyl (C=O) groups excluding carboxylic acids is 1. The van der Waals surface area contributed by atoms with Crippen LogP contribution < -0.4 is 0 Å². The first-order valence-electron chi connectivity index (χ1n) is 6.64. The van der Waals surface area contributed by atoms with Gasteiger partial charge >= 0.3 is 0 Å². The molecule has 0 bridgehead atoms. The van der Waals surface area contributed by atoms with Crippen molar-refractivity contribution >= 4 is 5.91 Å². The smallest absolute Gasteiger partial charge is 0.223 e. The predicted molar refractivity (Wildman–Crippen MR) is 69.5 cm³/mol. The second-order valence-electron chi connectivity index (χ2n) is 4.84. The highest BCUT2D eigenvalue weighted by Gasteiger charge is 2.31. The van der Waals surface area contributed by atoms with Crippen LogP contribution in [0.2, 0.25) is 0 Å². The van der Waals surface area contributed by atoms with Crippen LogP contribution in [-0.4, -0.2) is 16.8 Å². The molecule has 0 atom stereocenters. The Kier molecular flexibility index (Phi) is 4.18. The van der Waals surface area contributed by atoms with Crippen molar-refractivity contribution in [3.05, 3.63) is 35.9 Å². The molecule has 0 unspecified atom stereocenters. The van der Waals surface area contributed by atoms with Gasteiger partial charge in [0.2, 0.25) is 5.91 Å². The molecule has 2 nitrogen and oxygen atoms in total. The van der Waals surface area contributed by atoms with E-state index in [4.69, 9.17) is 0 Å². The highest BCUT2D eigenvalue weighted by atomic mass is 16.2. The summed E-state index contributed by atoms with van der Waals surface area (Å²) in [6, 6.07) is 10.8. The highest BCUT2D eigenvalue weighted by molar-refractivity contribution is 5.76. The molecule has 17 heavy (non-hydrogen) atoms. The third kappa shape index (κ3) is 3.58. The Bertz CT molecular complexity index is 356. The lowest BCUT2D eigenvalue weighted by atomic mass is 10.2. The summed E-state index contributed by atoms with van der Waals surface area (Å²) in [6.45, 7) is 2.92. The van der Waals surface area contributed by atoms with E-state index in [-0.39, 0.29) is 0 Å². The van der Waals surface area contributed by atoms with E-state index in [2.05, 4.69) is 24.0 Å². The van der Waals surface area contributed by atoms with Crippen molar-refractivity contribution in [1.29, 1.82) is 0 Å². The Morgan fingerprint density at radius 2 is 2.00 bits per heavy atom. The van der Waals surface area contributed by atoms with Crippen LogP contribution in [0.4, 0.5) is 0 Å². The molecule has 2 heteroatoms. The van der Waals surface area contributed by atoms with E-state index in [1.807, 2.05) is 18.2 Å². The molecule has 0 N–H and O–H groups in total. The van der Waals surface area contributed by atoms with Crippen molar-refractivity contribution < 1.29 is 4.79 Å². The average Bonchev–Trinajstić information content (AvgIpc) is 3.18. The lowest BCUT2D eigenvalue weighted by Gasteiger charge is -2.22. The molecule has 1 aromatic rings. The van der Waals surface area contributed by atoms with Crippen molar-refractivity contribution in [2.24, 2.45) is 0 Å². The Morgan fingerprint density at radius 3 is 2.59 bits per heavy atom. The summed E-state index contributed by atoms with van der Waals surface area (Å²) in [5.41, 5.74) is 1.24. The van der Waals surface area contributed by atoms with Gasteiger partial charge in [-0.15, -0.1) is 0 Å². The molecule has 1 amide bonds. The lowest BCUT2D eigenvalue weighted by Crippen LogP contribution is -2.32. The van der Waals surface area contributed by atoms with Gasteiger partial charge in [-0.05, 0) is 24.8 Å². The van der Waals surface area contributed by atoms with Crippen LogP contribution in [0.5, 0.6) is 0 Å². The van der Waals surface area contributed by atoms with Crippen LogP contribution in [0, 0.1) is 0 Å². The van der Waals surface area contributed by atoms with Gasteiger partial charge in [-0.2, -0.15) is 0 Å². The van der Waals surface area contributed by atoms with Crippen molar-refractivity contribution in [3.63, 3.8) is 0 Å². The first kappa shape index (κ1) is 12.2. The van der Waals surface area contributed by atoms with E-state index in [1.54, 1.807) is 0 Å². The van der Waals surface area contributed by atoms with Gasteiger partial charge in [0, 0.05) is 19.0 Å². The van der Waals surface area contributed by atoms with Crippen molar-refractivity contribution in [3.8, 4) is 0 Å². The third-order valence-corrected chi connectivity index (χ3v) is 3.25. The lowest BCUT2D eigenvalue weighted by molar-refractivity contribution is -0.132. The number of benzene rings is 1. The topological polar surface area (TPSA) is 20.3 Å². The maximum atomic E-state index is 12.1. The molecule has 1 aliphatic carbocycles. The summed E-state index contributed by atoms with van der Waals surface area (Å²) in [4.78, 5) is 14.2. The molecule has 0 saturated heterocycles. The number of unbranched alkanes of at least 4 members (excludes halogenated alkanes) is 1. The van der Waals surface area contributed by atoms with Gasteiger partial charge in [0.1, 0.15) is 0 Å². The molecule has 0 aromatic heterocycles. The molecular weight excluding hydrogens is 210 g/mol. The van der Waals surface area contributed by atoms with Gasteiger partial charge in [0.05, 0.1) is 0 Å².